The molecule has 1 rings (SSSR count). The predicted octanol–water partition coefficient (Wildman–Crippen LogP) is 1.88. The maximum absolute atomic E-state index is 5.77. The summed E-state index contributed by atoms with van der Waals surface area (Å²) in [6.45, 7) is 10.8. The molecule has 0 radical (unpaired) electrons. The third kappa shape index (κ3) is 3.72. The van der Waals surface area contributed by atoms with Gasteiger partial charge in [-0.05, 0) is 26.3 Å². The quantitative estimate of drug-likeness (QED) is 0.751. The first-order valence-corrected chi connectivity index (χ1v) is 6.71. The lowest BCUT2D eigenvalue weighted by Crippen LogP contribution is -2.51. The second-order valence-electron chi connectivity index (χ2n) is 4.98. The fourth-order valence-electron chi connectivity index (χ4n) is 2.45. The summed E-state index contributed by atoms with van der Waals surface area (Å²) < 4.78 is 5.77. The van der Waals surface area contributed by atoms with Crippen molar-refractivity contribution in [3.8, 4) is 0 Å². The smallest absolute Gasteiger partial charge is 0.0826 e. The van der Waals surface area contributed by atoms with Crippen LogP contribution >= 0.6 is 0 Å². The molecule has 16 heavy (non-hydrogen) atoms. The highest BCUT2D eigenvalue weighted by Crippen LogP contribution is 2.19. The molecule has 1 aliphatic heterocycles. The van der Waals surface area contributed by atoms with Gasteiger partial charge in [-0.25, -0.2) is 0 Å². The van der Waals surface area contributed by atoms with Gasteiger partial charge in [0.25, 0.3) is 0 Å². The number of ether oxygens (including phenoxy) is 1. The van der Waals surface area contributed by atoms with Crippen LogP contribution in [0.25, 0.3) is 0 Å². The summed E-state index contributed by atoms with van der Waals surface area (Å²) in [5, 5.41) is 3.72. The van der Waals surface area contributed by atoms with E-state index in [1.165, 1.54) is 19.3 Å². The number of morpholine rings is 1. The van der Waals surface area contributed by atoms with E-state index in [2.05, 4.69) is 38.0 Å². The molecular weight excluding hydrogens is 200 g/mol. The van der Waals surface area contributed by atoms with Crippen molar-refractivity contribution in [2.24, 2.45) is 0 Å². The van der Waals surface area contributed by atoms with E-state index in [1.54, 1.807) is 0 Å². The Bertz CT molecular complexity index is 184. The summed E-state index contributed by atoms with van der Waals surface area (Å²) in [5.74, 6) is 0. The molecule has 1 fully saturated rings. The van der Waals surface area contributed by atoms with Crippen LogP contribution in [0.3, 0.4) is 0 Å². The standard InChI is InChI=1S/C13H28N2O/c1-5-13(6-2,7-3)14-10-12-11-15(4)8-9-16-12/h12,14H,5-11H2,1-4H3. The van der Waals surface area contributed by atoms with E-state index in [4.69, 9.17) is 4.74 Å². The van der Waals surface area contributed by atoms with Gasteiger partial charge in [-0.3, -0.25) is 0 Å². The van der Waals surface area contributed by atoms with Gasteiger partial charge >= 0.3 is 0 Å². The molecule has 3 heteroatoms. The molecule has 96 valence electrons. The Morgan fingerprint density at radius 2 is 1.88 bits per heavy atom. The van der Waals surface area contributed by atoms with E-state index in [0.717, 1.165) is 26.2 Å². The highest BCUT2D eigenvalue weighted by atomic mass is 16.5. The first kappa shape index (κ1) is 13.9. The van der Waals surface area contributed by atoms with Gasteiger partial charge in [-0.2, -0.15) is 0 Å². The van der Waals surface area contributed by atoms with Crippen molar-refractivity contribution in [3.63, 3.8) is 0 Å². The third-order valence-electron chi connectivity index (χ3n) is 4.08. The maximum Gasteiger partial charge on any atom is 0.0826 e. The lowest BCUT2D eigenvalue weighted by molar-refractivity contribution is -0.0222. The molecular formula is C13H28N2O. The van der Waals surface area contributed by atoms with Gasteiger partial charge in [0.05, 0.1) is 12.7 Å². The molecule has 0 spiro atoms. The zero-order valence-corrected chi connectivity index (χ0v) is 11.4. The number of likely N-dealkylation sites (N-methyl/N-ethyl adjacent to an activating group) is 1. The monoisotopic (exact) mass is 228 g/mol. The van der Waals surface area contributed by atoms with Gasteiger partial charge in [-0.15, -0.1) is 0 Å². The van der Waals surface area contributed by atoms with E-state index >= 15 is 0 Å². The topological polar surface area (TPSA) is 24.5 Å². The van der Waals surface area contributed by atoms with Crippen LogP contribution in [0, 0.1) is 0 Å². The van der Waals surface area contributed by atoms with E-state index in [0.29, 0.717) is 11.6 Å². The zero-order valence-electron chi connectivity index (χ0n) is 11.4. The Labute approximate surface area is 101 Å². The molecule has 0 aromatic heterocycles. The van der Waals surface area contributed by atoms with Crippen molar-refractivity contribution in [2.75, 3.05) is 33.3 Å². The first-order chi connectivity index (χ1) is 7.65. The lowest BCUT2D eigenvalue weighted by Gasteiger charge is -2.36. The third-order valence-corrected chi connectivity index (χ3v) is 4.08. The van der Waals surface area contributed by atoms with Crippen LogP contribution in [0.1, 0.15) is 40.0 Å². The first-order valence-electron chi connectivity index (χ1n) is 6.71. The van der Waals surface area contributed by atoms with Crippen LogP contribution in [0.2, 0.25) is 0 Å². The predicted molar refractivity (Wildman–Crippen MR) is 68.8 cm³/mol. The molecule has 0 bridgehead atoms. The van der Waals surface area contributed by atoms with Crippen molar-refractivity contribution >= 4 is 0 Å². The Kier molecular flexibility index (Phi) is 5.73. The van der Waals surface area contributed by atoms with Crippen molar-refractivity contribution in [1.82, 2.24) is 10.2 Å². The molecule has 0 aromatic carbocycles. The summed E-state index contributed by atoms with van der Waals surface area (Å²) in [5.41, 5.74) is 0.319. The molecule has 0 saturated carbocycles. The summed E-state index contributed by atoms with van der Waals surface area (Å²) in [4.78, 5) is 2.35. The zero-order chi connectivity index (χ0) is 12.0. The van der Waals surface area contributed by atoms with Crippen molar-refractivity contribution in [1.29, 1.82) is 0 Å². The van der Waals surface area contributed by atoms with E-state index in [9.17, 15) is 0 Å². The minimum atomic E-state index is 0.319. The van der Waals surface area contributed by atoms with Crippen LogP contribution in [0.15, 0.2) is 0 Å². The van der Waals surface area contributed by atoms with Gasteiger partial charge in [0.2, 0.25) is 0 Å². The lowest BCUT2D eigenvalue weighted by atomic mass is 9.89. The molecule has 0 amide bonds. The SMILES string of the molecule is CCC(CC)(CC)NCC1CN(C)CCO1. The average Bonchev–Trinajstić information content (AvgIpc) is 2.32. The molecule has 1 heterocycles. The summed E-state index contributed by atoms with van der Waals surface area (Å²) in [6.07, 6.45) is 3.95. The van der Waals surface area contributed by atoms with Gasteiger partial charge in [0.1, 0.15) is 0 Å². The molecule has 1 aliphatic rings. The molecule has 3 nitrogen and oxygen atoms in total. The number of hydrogen-bond acceptors (Lipinski definition) is 3. The number of nitrogens with zero attached hydrogens (tertiary/aromatic N) is 1. The number of nitrogens with one attached hydrogen (secondary N) is 1. The fraction of sp³-hybridized carbons (Fsp3) is 1.00. The summed E-state index contributed by atoms with van der Waals surface area (Å²) in [6, 6.07) is 0. The van der Waals surface area contributed by atoms with Crippen LogP contribution in [0.4, 0.5) is 0 Å². The Morgan fingerprint density at radius 3 is 2.38 bits per heavy atom. The second kappa shape index (κ2) is 6.58. The molecule has 1 saturated heterocycles. The van der Waals surface area contributed by atoms with Gasteiger partial charge in [0.15, 0.2) is 0 Å². The van der Waals surface area contributed by atoms with E-state index < -0.39 is 0 Å². The maximum atomic E-state index is 5.77. The highest BCUT2D eigenvalue weighted by Gasteiger charge is 2.25. The highest BCUT2D eigenvalue weighted by molar-refractivity contribution is 4.85. The molecule has 0 aliphatic carbocycles. The second-order valence-corrected chi connectivity index (χ2v) is 4.98. The van der Waals surface area contributed by atoms with Crippen molar-refractivity contribution in [3.05, 3.63) is 0 Å². The van der Waals surface area contributed by atoms with Crippen LogP contribution in [-0.2, 0) is 4.74 Å². The number of rotatable bonds is 6. The normalized spacial score (nSPS) is 23.6. The fourth-order valence-corrected chi connectivity index (χ4v) is 2.45. The number of hydrogen-bond donors (Lipinski definition) is 1. The van der Waals surface area contributed by atoms with Gasteiger partial charge < -0.3 is 15.0 Å². The Morgan fingerprint density at radius 1 is 1.25 bits per heavy atom. The molecule has 1 atom stereocenters. The molecule has 0 aromatic rings. The van der Waals surface area contributed by atoms with E-state index in [-0.39, 0.29) is 0 Å². The van der Waals surface area contributed by atoms with Crippen LogP contribution in [-0.4, -0.2) is 49.8 Å². The van der Waals surface area contributed by atoms with Crippen LogP contribution < -0.4 is 5.32 Å². The van der Waals surface area contributed by atoms with Gasteiger partial charge in [-0.1, -0.05) is 20.8 Å². The minimum Gasteiger partial charge on any atom is -0.374 e. The average molecular weight is 228 g/mol. The Balaban J connectivity index is 2.36. The summed E-state index contributed by atoms with van der Waals surface area (Å²) in [7, 11) is 2.17. The minimum absolute atomic E-state index is 0.319. The van der Waals surface area contributed by atoms with Crippen molar-refractivity contribution < 1.29 is 4.74 Å². The molecule has 1 N–H and O–H groups in total. The molecule has 1 unspecified atom stereocenters. The largest absolute Gasteiger partial charge is 0.374 e. The summed E-state index contributed by atoms with van der Waals surface area (Å²) >= 11 is 0. The Hall–Kier alpha value is -0.120. The van der Waals surface area contributed by atoms with E-state index in [1.807, 2.05) is 0 Å². The van der Waals surface area contributed by atoms with Gasteiger partial charge in [0, 0.05) is 25.2 Å². The van der Waals surface area contributed by atoms with Crippen LogP contribution in [0.5, 0.6) is 0 Å². The van der Waals surface area contributed by atoms with Crippen molar-refractivity contribution in [2.45, 2.75) is 51.7 Å².